The molecule has 4 aliphatic rings. The van der Waals surface area contributed by atoms with Crippen molar-refractivity contribution in [3.8, 4) is 0 Å². The van der Waals surface area contributed by atoms with Crippen LogP contribution in [-0.4, -0.2) is 105 Å². The predicted octanol–water partition coefficient (Wildman–Crippen LogP) is 2.94. The first-order chi connectivity index (χ1) is 24.6. The van der Waals surface area contributed by atoms with E-state index in [0.717, 1.165) is 32.1 Å². The summed E-state index contributed by atoms with van der Waals surface area (Å²) in [4.78, 5) is 84.1. The van der Waals surface area contributed by atoms with Crippen molar-refractivity contribution in [1.29, 1.82) is 0 Å². The summed E-state index contributed by atoms with van der Waals surface area (Å²) >= 11 is 0. The quantitative estimate of drug-likeness (QED) is 0.161. The lowest BCUT2D eigenvalue weighted by atomic mass is 9.80. The molecule has 0 aromatic heterocycles. The van der Waals surface area contributed by atoms with E-state index in [1.807, 2.05) is 55.4 Å². The lowest BCUT2D eigenvalue weighted by Crippen LogP contribution is -2.64. The van der Waals surface area contributed by atoms with Gasteiger partial charge in [0.05, 0.1) is 12.1 Å². The topological polar surface area (TPSA) is 197 Å². The molecule has 0 radical (unpaired) electrons. The molecule has 1 saturated carbocycles. The predicted molar refractivity (Wildman–Crippen MR) is 199 cm³/mol. The second-order valence-corrected chi connectivity index (χ2v) is 18.5. The van der Waals surface area contributed by atoms with Crippen LogP contribution in [0, 0.1) is 28.1 Å². The number of nitrogens with zero attached hydrogens (tertiary/aromatic N) is 2. The summed E-state index contributed by atoms with van der Waals surface area (Å²) in [6.45, 7) is 16.0. The van der Waals surface area contributed by atoms with Gasteiger partial charge in [0.15, 0.2) is 0 Å². The summed E-state index contributed by atoms with van der Waals surface area (Å²) in [7, 11) is 0. The molecule has 6 atom stereocenters. The van der Waals surface area contributed by atoms with Gasteiger partial charge in [0.2, 0.25) is 23.6 Å². The number of urea groups is 1. The van der Waals surface area contributed by atoms with Gasteiger partial charge in [0, 0.05) is 32.5 Å². The summed E-state index contributed by atoms with van der Waals surface area (Å²) < 4.78 is 0. The first-order valence-corrected chi connectivity index (χ1v) is 19.9. The highest BCUT2D eigenvalue weighted by atomic mass is 16.5. The monoisotopic (exact) mass is 746 g/mol. The second-order valence-electron chi connectivity index (χ2n) is 18.5. The Bertz CT molecular complexity index is 1370. The van der Waals surface area contributed by atoms with Gasteiger partial charge in [-0.3, -0.25) is 28.9 Å². The molecule has 53 heavy (non-hydrogen) atoms. The van der Waals surface area contributed by atoms with E-state index in [2.05, 4.69) is 21.3 Å². The fraction of sp³-hybridized carbons (Fsp3) is 0.846. The van der Waals surface area contributed by atoms with Gasteiger partial charge < -0.3 is 36.4 Å². The number of rotatable bonds is 8. The van der Waals surface area contributed by atoms with Gasteiger partial charge in [0.25, 0.3) is 11.7 Å². The number of hydrogen-bond acceptors (Lipinski definition) is 8. The van der Waals surface area contributed by atoms with Crippen molar-refractivity contribution < 1.29 is 39.0 Å². The third-order valence-electron chi connectivity index (χ3n) is 12.1. The average molecular weight is 747 g/mol. The minimum Gasteiger partial charge on any atom is -0.357 e. The van der Waals surface area contributed by atoms with E-state index in [4.69, 9.17) is 0 Å². The molecule has 0 aromatic carbocycles. The van der Waals surface area contributed by atoms with Crippen LogP contribution in [0.3, 0.4) is 0 Å². The minimum absolute atomic E-state index is 0.00489. The fourth-order valence-electron chi connectivity index (χ4n) is 8.50. The van der Waals surface area contributed by atoms with Gasteiger partial charge in [-0.1, -0.05) is 100 Å². The summed E-state index contributed by atoms with van der Waals surface area (Å²) in [5, 5.41) is 33.3. The number of nitrogens with one attached hydrogen (secondary N) is 4. The van der Waals surface area contributed by atoms with Crippen LogP contribution in [0.1, 0.15) is 132 Å². The van der Waals surface area contributed by atoms with E-state index >= 15 is 0 Å². The molecule has 3 heterocycles. The molecule has 7 amide bonds. The Morgan fingerprint density at radius 2 is 1.47 bits per heavy atom. The highest BCUT2D eigenvalue weighted by Gasteiger charge is 2.69. The van der Waals surface area contributed by atoms with Crippen LogP contribution in [0.2, 0.25) is 0 Å². The van der Waals surface area contributed by atoms with Gasteiger partial charge in [0.1, 0.15) is 12.1 Å². The van der Waals surface area contributed by atoms with Gasteiger partial charge in [-0.05, 0) is 47.3 Å². The van der Waals surface area contributed by atoms with Crippen LogP contribution < -0.4 is 21.3 Å². The maximum atomic E-state index is 14.5. The second kappa shape index (κ2) is 16.6. The van der Waals surface area contributed by atoms with E-state index in [0.29, 0.717) is 32.2 Å². The summed E-state index contributed by atoms with van der Waals surface area (Å²) in [6, 6.07) is -4.40. The summed E-state index contributed by atoms with van der Waals surface area (Å²) in [5.41, 5.74) is -1.21. The Kier molecular flexibility index (Phi) is 13.3. The van der Waals surface area contributed by atoms with Crippen LogP contribution in [0.4, 0.5) is 4.79 Å². The SMILES string of the molecule is CCCNC(=O)C(O)(O)[C@@H]1CCCCCCCCC[C@H](NC(=O)N[C@H](CN2C(=O)CC(C)(C)CC2=O)C(C)(C)C)C(=O)N2C[C@H]3[C@@H]([C@H]2C(=O)N1)C3(C)C. The number of imide groups is 1. The number of hydrogen-bond donors (Lipinski definition) is 6. The van der Waals surface area contributed by atoms with Crippen molar-refractivity contribution in [3.05, 3.63) is 0 Å². The Morgan fingerprint density at radius 1 is 0.906 bits per heavy atom. The Morgan fingerprint density at radius 3 is 2.04 bits per heavy atom. The van der Waals surface area contributed by atoms with Crippen LogP contribution in [-0.2, 0) is 24.0 Å². The third kappa shape index (κ3) is 10.1. The van der Waals surface area contributed by atoms with Crippen molar-refractivity contribution >= 4 is 35.6 Å². The molecule has 6 N–H and O–H groups in total. The van der Waals surface area contributed by atoms with E-state index in [1.54, 1.807) is 0 Å². The molecule has 4 fully saturated rings. The van der Waals surface area contributed by atoms with Crippen LogP contribution in [0.15, 0.2) is 0 Å². The molecular formula is C39H66N6O8. The lowest BCUT2D eigenvalue weighted by Gasteiger charge is -2.40. The van der Waals surface area contributed by atoms with Crippen molar-refractivity contribution in [2.75, 3.05) is 19.6 Å². The molecule has 0 bridgehead atoms. The van der Waals surface area contributed by atoms with E-state index in [1.165, 1.54) is 9.80 Å². The zero-order valence-electron chi connectivity index (χ0n) is 33.3. The molecule has 0 aromatic rings. The van der Waals surface area contributed by atoms with Crippen molar-refractivity contribution in [2.24, 2.45) is 28.1 Å². The molecule has 0 spiro atoms. The number of carbonyl (C=O) groups excluding carboxylic acids is 6. The van der Waals surface area contributed by atoms with E-state index in [9.17, 15) is 39.0 Å². The molecule has 14 nitrogen and oxygen atoms in total. The highest BCUT2D eigenvalue weighted by Crippen LogP contribution is 2.65. The summed E-state index contributed by atoms with van der Waals surface area (Å²) in [5.74, 6) is -5.50. The number of amides is 7. The zero-order chi connectivity index (χ0) is 39.5. The minimum atomic E-state index is -2.85. The first-order valence-electron chi connectivity index (χ1n) is 19.9. The Labute approximate surface area is 315 Å². The van der Waals surface area contributed by atoms with Crippen LogP contribution in [0.5, 0.6) is 0 Å². The molecule has 1 aliphatic carbocycles. The number of carbonyl (C=O) groups is 6. The van der Waals surface area contributed by atoms with Crippen molar-refractivity contribution in [2.45, 2.75) is 162 Å². The van der Waals surface area contributed by atoms with Gasteiger partial charge in [-0.2, -0.15) is 0 Å². The van der Waals surface area contributed by atoms with Gasteiger partial charge in [-0.15, -0.1) is 0 Å². The molecule has 3 saturated heterocycles. The average Bonchev–Trinajstić information content (AvgIpc) is 3.35. The highest BCUT2D eigenvalue weighted by molar-refractivity contribution is 5.98. The molecule has 14 heteroatoms. The standard InChI is InChI=1S/C39H66N6O8/c1-9-19-40-34(50)39(52,53)26-18-16-14-12-10-11-13-15-17-25(33(49)45-22-24-30(38(24,7)8)31(45)32(48)42-26)41-35(51)43-27(36(2,3)4)23-44-28(46)20-37(5,6)21-29(44)47/h24-27,30-31,52-53H,9-23H2,1-8H3,(H,40,50)(H,42,48)(H2,41,43,51)/t24-,25-,26-,27+,30-,31-/m0/s1. The first kappa shape index (κ1) is 42.5. The molecule has 4 rings (SSSR count). The maximum absolute atomic E-state index is 14.5. The molecule has 0 unspecified atom stereocenters. The third-order valence-corrected chi connectivity index (χ3v) is 12.1. The largest absolute Gasteiger partial charge is 0.357 e. The number of likely N-dealkylation sites (tertiary alicyclic amines) is 1. The normalized spacial score (nSPS) is 29.1. The fourth-order valence-corrected chi connectivity index (χ4v) is 8.50. The maximum Gasteiger partial charge on any atom is 0.315 e. The lowest BCUT2D eigenvalue weighted by molar-refractivity contribution is -0.198. The Balaban J connectivity index is 1.56. The van der Waals surface area contributed by atoms with Crippen molar-refractivity contribution in [1.82, 2.24) is 31.1 Å². The zero-order valence-corrected chi connectivity index (χ0v) is 33.3. The van der Waals surface area contributed by atoms with Gasteiger partial charge in [-0.25, -0.2) is 4.79 Å². The van der Waals surface area contributed by atoms with Gasteiger partial charge >= 0.3 is 6.03 Å². The van der Waals surface area contributed by atoms with E-state index in [-0.39, 0.29) is 61.4 Å². The molecular weight excluding hydrogens is 680 g/mol. The number of fused-ring (bicyclic) bond motifs is 3. The smallest absolute Gasteiger partial charge is 0.315 e. The van der Waals surface area contributed by atoms with Crippen LogP contribution in [0.25, 0.3) is 0 Å². The molecule has 300 valence electrons. The molecule has 3 aliphatic heterocycles. The Hall–Kier alpha value is -3.26. The van der Waals surface area contributed by atoms with Crippen LogP contribution >= 0.6 is 0 Å². The number of piperidine rings is 2. The number of aliphatic hydroxyl groups is 2. The van der Waals surface area contributed by atoms with E-state index < -0.39 is 64.5 Å². The van der Waals surface area contributed by atoms with Crippen molar-refractivity contribution in [3.63, 3.8) is 0 Å². The summed E-state index contributed by atoms with van der Waals surface area (Å²) in [6.07, 6.45) is 7.19.